The first-order chi connectivity index (χ1) is 12.9. The van der Waals surface area contributed by atoms with Crippen molar-refractivity contribution in [3.8, 4) is 0 Å². The van der Waals surface area contributed by atoms with Crippen molar-refractivity contribution >= 4 is 23.4 Å². The van der Waals surface area contributed by atoms with Crippen LogP contribution in [-0.2, 0) is 20.9 Å². The first-order valence-corrected chi connectivity index (χ1v) is 9.58. The number of rotatable bonds is 9. The molecule has 2 N–H and O–H groups in total. The Kier molecular flexibility index (Phi) is 8.47. The SMILES string of the molecule is CC(C)OCCCNC(=O)CC1C(=O)NCCN1Cc1ccc(F)cc1Cl. The zero-order valence-corrected chi connectivity index (χ0v) is 16.5. The molecule has 1 atom stereocenters. The molecule has 1 fully saturated rings. The smallest absolute Gasteiger partial charge is 0.237 e. The van der Waals surface area contributed by atoms with Crippen molar-refractivity contribution < 1.29 is 18.7 Å². The van der Waals surface area contributed by atoms with Crippen molar-refractivity contribution in [2.24, 2.45) is 0 Å². The van der Waals surface area contributed by atoms with Crippen molar-refractivity contribution in [3.05, 3.63) is 34.6 Å². The van der Waals surface area contributed by atoms with Gasteiger partial charge in [0.2, 0.25) is 11.8 Å². The number of hydrogen-bond acceptors (Lipinski definition) is 4. The number of nitrogens with one attached hydrogen (secondary N) is 2. The molecule has 2 rings (SSSR count). The van der Waals surface area contributed by atoms with E-state index < -0.39 is 11.9 Å². The Morgan fingerprint density at radius 3 is 2.96 bits per heavy atom. The van der Waals surface area contributed by atoms with Crippen LogP contribution in [0.3, 0.4) is 0 Å². The highest BCUT2D eigenvalue weighted by Gasteiger charge is 2.31. The lowest BCUT2D eigenvalue weighted by Crippen LogP contribution is -2.56. The van der Waals surface area contributed by atoms with Crippen LogP contribution in [0.25, 0.3) is 0 Å². The number of carbonyl (C=O) groups excluding carboxylic acids is 2. The minimum atomic E-state index is -0.577. The fraction of sp³-hybridized carbons (Fsp3) is 0.579. The zero-order chi connectivity index (χ0) is 19.8. The predicted molar refractivity (Wildman–Crippen MR) is 102 cm³/mol. The number of amides is 2. The van der Waals surface area contributed by atoms with Gasteiger partial charge in [-0.3, -0.25) is 14.5 Å². The average molecular weight is 400 g/mol. The van der Waals surface area contributed by atoms with Crippen LogP contribution in [0.4, 0.5) is 4.39 Å². The Morgan fingerprint density at radius 1 is 1.48 bits per heavy atom. The monoisotopic (exact) mass is 399 g/mol. The molecule has 150 valence electrons. The van der Waals surface area contributed by atoms with Gasteiger partial charge in [-0.15, -0.1) is 0 Å². The standard InChI is InChI=1S/C19H27ClFN3O3/c1-13(2)27-9-3-6-22-18(25)11-17-19(26)23-7-8-24(17)12-14-4-5-15(21)10-16(14)20/h4-5,10,13,17H,3,6-9,11-12H2,1-2H3,(H,22,25)(H,23,26). The van der Waals surface area contributed by atoms with E-state index in [2.05, 4.69) is 10.6 Å². The first kappa shape index (κ1) is 21.6. The molecule has 0 saturated carbocycles. The molecular formula is C19H27ClFN3O3. The molecule has 0 bridgehead atoms. The molecule has 6 nitrogen and oxygen atoms in total. The van der Waals surface area contributed by atoms with Gasteiger partial charge in [0.25, 0.3) is 0 Å². The van der Waals surface area contributed by atoms with Crippen LogP contribution in [0.2, 0.25) is 5.02 Å². The van der Waals surface area contributed by atoms with Crippen LogP contribution in [-0.4, -0.2) is 55.1 Å². The Labute approximate surface area is 164 Å². The quantitative estimate of drug-likeness (QED) is 0.624. The summed E-state index contributed by atoms with van der Waals surface area (Å²) in [7, 11) is 0. The van der Waals surface area contributed by atoms with Gasteiger partial charge in [0.1, 0.15) is 5.82 Å². The molecular weight excluding hydrogens is 373 g/mol. The van der Waals surface area contributed by atoms with Crippen molar-refractivity contribution in [2.75, 3.05) is 26.2 Å². The minimum absolute atomic E-state index is 0.0652. The van der Waals surface area contributed by atoms with E-state index in [9.17, 15) is 14.0 Å². The van der Waals surface area contributed by atoms with E-state index in [-0.39, 0.29) is 24.3 Å². The highest BCUT2D eigenvalue weighted by Crippen LogP contribution is 2.21. The number of benzene rings is 1. The Hall–Kier alpha value is -1.70. The number of piperazine rings is 1. The van der Waals surface area contributed by atoms with Crippen LogP contribution in [0.5, 0.6) is 0 Å². The summed E-state index contributed by atoms with van der Waals surface area (Å²) < 4.78 is 18.7. The highest BCUT2D eigenvalue weighted by molar-refractivity contribution is 6.31. The maximum absolute atomic E-state index is 13.2. The van der Waals surface area contributed by atoms with Gasteiger partial charge in [0.05, 0.1) is 18.6 Å². The molecule has 1 aliphatic rings. The number of halogens is 2. The second-order valence-electron chi connectivity index (χ2n) is 6.84. The summed E-state index contributed by atoms with van der Waals surface area (Å²) in [6, 6.07) is 3.62. The van der Waals surface area contributed by atoms with Crippen LogP contribution in [0.15, 0.2) is 18.2 Å². The van der Waals surface area contributed by atoms with Gasteiger partial charge in [0, 0.05) is 37.8 Å². The zero-order valence-electron chi connectivity index (χ0n) is 15.8. The Balaban J connectivity index is 1.89. The summed E-state index contributed by atoms with van der Waals surface area (Å²) in [5.41, 5.74) is 0.726. The number of carbonyl (C=O) groups is 2. The third kappa shape index (κ3) is 7.08. The Morgan fingerprint density at radius 2 is 2.26 bits per heavy atom. The molecule has 1 aromatic carbocycles. The number of ether oxygens (including phenoxy) is 1. The molecule has 1 unspecified atom stereocenters. The lowest BCUT2D eigenvalue weighted by molar-refractivity contribution is -0.134. The number of hydrogen-bond donors (Lipinski definition) is 2. The predicted octanol–water partition coefficient (Wildman–Crippen LogP) is 2.10. The van der Waals surface area contributed by atoms with E-state index in [4.69, 9.17) is 16.3 Å². The molecule has 8 heteroatoms. The van der Waals surface area contributed by atoms with E-state index in [1.54, 1.807) is 6.07 Å². The van der Waals surface area contributed by atoms with Gasteiger partial charge in [-0.2, -0.15) is 0 Å². The molecule has 27 heavy (non-hydrogen) atoms. The van der Waals surface area contributed by atoms with Crippen LogP contribution < -0.4 is 10.6 Å². The van der Waals surface area contributed by atoms with Crippen molar-refractivity contribution in [1.82, 2.24) is 15.5 Å². The molecule has 0 radical (unpaired) electrons. The summed E-state index contributed by atoms with van der Waals surface area (Å²) in [6.45, 7) is 6.49. The van der Waals surface area contributed by atoms with Gasteiger partial charge >= 0.3 is 0 Å². The van der Waals surface area contributed by atoms with Gasteiger partial charge < -0.3 is 15.4 Å². The summed E-state index contributed by atoms with van der Waals surface area (Å²) in [6.07, 6.45) is 0.948. The maximum Gasteiger partial charge on any atom is 0.237 e. The van der Waals surface area contributed by atoms with E-state index in [0.29, 0.717) is 37.8 Å². The summed E-state index contributed by atoms with van der Waals surface area (Å²) in [5.74, 6) is -0.771. The van der Waals surface area contributed by atoms with Crippen LogP contribution in [0, 0.1) is 5.82 Å². The maximum atomic E-state index is 13.2. The van der Waals surface area contributed by atoms with Gasteiger partial charge in [-0.25, -0.2) is 4.39 Å². The van der Waals surface area contributed by atoms with E-state index >= 15 is 0 Å². The van der Waals surface area contributed by atoms with Crippen molar-refractivity contribution in [3.63, 3.8) is 0 Å². The van der Waals surface area contributed by atoms with Gasteiger partial charge in [0.15, 0.2) is 0 Å². The average Bonchev–Trinajstić information content (AvgIpc) is 2.59. The van der Waals surface area contributed by atoms with Gasteiger partial charge in [-0.05, 0) is 38.0 Å². The molecule has 1 aliphatic heterocycles. The molecule has 1 saturated heterocycles. The lowest BCUT2D eigenvalue weighted by atomic mass is 10.1. The molecule has 0 spiro atoms. The lowest BCUT2D eigenvalue weighted by Gasteiger charge is -2.34. The molecule has 0 aliphatic carbocycles. The van der Waals surface area contributed by atoms with Crippen LogP contribution >= 0.6 is 11.6 Å². The normalized spacial score (nSPS) is 17.8. The van der Waals surface area contributed by atoms with Crippen LogP contribution in [0.1, 0.15) is 32.3 Å². The molecule has 2 amide bonds. The topological polar surface area (TPSA) is 70.7 Å². The fourth-order valence-electron chi connectivity index (χ4n) is 2.91. The Bertz CT molecular complexity index is 657. The molecule has 0 aromatic heterocycles. The molecule has 1 heterocycles. The largest absolute Gasteiger partial charge is 0.379 e. The second kappa shape index (κ2) is 10.6. The summed E-state index contributed by atoms with van der Waals surface area (Å²) in [4.78, 5) is 26.4. The van der Waals surface area contributed by atoms with Crippen molar-refractivity contribution in [1.29, 1.82) is 0 Å². The first-order valence-electron chi connectivity index (χ1n) is 9.21. The number of nitrogens with zero attached hydrogens (tertiary/aromatic N) is 1. The minimum Gasteiger partial charge on any atom is -0.379 e. The third-order valence-corrected chi connectivity index (χ3v) is 4.66. The molecule has 1 aromatic rings. The summed E-state index contributed by atoms with van der Waals surface area (Å²) >= 11 is 6.10. The van der Waals surface area contributed by atoms with E-state index in [1.807, 2.05) is 18.7 Å². The van der Waals surface area contributed by atoms with Crippen molar-refractivity contribution in [2.45, 2.75) is 45.4 Å². The summed E-state index contributed by atoms with van der Waals surface area (Å²) in [5, 5.41) is 5.93. The van der Waals surface area contributed by atoms with Gasteiger partial charge in [-0.1, -0.05) is 17.7 Å². The second-order valence-corrected chi connectivity index (χ2v) is 7.25. The van der Waals surface area contributed by atoms with E-state index in [1.165, 1.54) is 12.1 Å². The third-order valence-electron chi connectivity index (χ3n) is 4.30. The fourth-order valence-corrected chi connectivity index (χ4v) is 3.14. The highest BCUT2D eigenvalue weighted by atomic mass is 35.5. The van der Waals surface area contributed by atoms with E-state index in [0.717, 1.165) is 12.0 Å².